The molecule has 0 radical (unpaired) electrons. The Morgan fingerprint density at radius 1 is 1.32 bits per heavy atom. The van der Waals surface area contributed by atoms with Crippen molar-refractivity contribution in [2.24, 2.45) is 7.05 Å². The van der Waals surface area contributed by atoms with Crippen molar-refractivity contribution in [1.29, 1.82) is 0 Å². The second kappa shape index (κ2) is 7.91. The van der Waals surface area contributed by atoms with E-state index in [1.165, 1.54) is 12.1 Å². The summed E-state index contributed by atoms with van der Waals surface area (Å²) in [6.07, 6.45) is 4.71. The fourth-order valence-corrected chi connectivity index (χ4v) is 2.73. The number of ether oxygens (including phenoxy) is 1. The molecule has 144 valence electrons. The zero-order valence-corrected chi connectivity index (χ0v) is 15.7. The van der Waals surface area contributed by atoms with E-state index < -0.39 is 4.92 Å². The van der Waals surface area contributed by atoms with E-state index in [9.17, 15) is 14.9 Å². The normalized spacial score (nSPS) is 11.1. The molecule has 0 aliphatic rings. The van der Waals surface area contributed by atoms with Crippen LogP contribution >= 0.6 is 0 Å². The molecular weight excluding hydrogens is 362 g/mol. The summed E-state index contributed by atoms with van der Waals surface area (Å²) >= 11 is 0. The molecule has 0 amide bonds. The van der Waals surface area contributed by atoms with Crippen LogP contribution in [0, 0.1) is 24.0 Å². The first-order valence-electron chi connectivity index (χ1n) is 8.52. The minimum absolute atomic E-state index is 0.0475. The van der Waals surface area contributed by atoms with E-state index >= 15 is 0 Å². The van der Waals surface area contributed by atoms with Crippen molar-refractivity contribution >= 4 is 17.5 Å². The van der Waals surface area contributed by atoms with Crippen LogP contribution in [0.5, 0.6) is 5.75 Å². The number of allylic oxidation sites excluding steroid dienone is 1. The SMILES string of the molecule is Cc1cc(OCc2ccc(/C=C/C(=O)c3cn(C)nc3C)o2)ccc1[N+](=O)[O-]. The predicted octanol–water partition coefficient (Wildman–Crippen LogP) is 4.01. The molecule has 1 aromatic carbocycles. The standard InChI is InChI=1S/C20H19N3O5/c1-13-10-16(6-8-19(13)23(25)26)27-12-17-5-4-15(28-17)7-9-20(24)18-11-22(3)21-14(18)2/h4-11H,12H2,1-3H3/b9-7+. The van der Waals surface area contributed by atoms with Gasteiger partial charge < -0.3 is 9.15 Å². The Kier molecular flexibility index (Phi) is 5.39. The lowest BCUT2D eigenvalue weighted by atomic mass is 10.1. The Balaban J connectivity index is 1.61. The average Bonchev–Trinajstić information content (AvgIpc) is 3.23. The van der Waals surface area contributed by atoms with Gasteiger partial charge in [-0.05, 0) is 50.3 Å². The number of benzene rings is 1. The average molecular weight is 381 g/mol. The number of hydrogen-bond acceptors (Lipinski definition) is 6. The number of carbonyl (C=O) groups excluding carboxylic acids is 1. The van der Waals surface area contributed by atoms with Gasteiger partial charge in [0.05, 0.1) is 16.2 Å². The highest BCUT2D eigenvalue weighted by molar-refractivity contribution is 6.07. The maximum absolute atomic E-state index is 12.2. The van der Waals surface area contributed by atoms with Gasteiger partial charge in [0.25, 0.3) is 5.69 Å². The predicted molar refractivity (Wildman–Crippen MR) is 102 cm³/mol. The minimum Gasteiger partial charge on any atom is -0.486 e. The first-order chi connectivity index (χ1) is 13.3. The number of furan rings is 1. The number of nitro groups is 1. The number of aromatic nitrogens is 2. The van der Waals surface area contributed by atoms with E-state index in [2.05, 4.69) is 5.10 Å². The smallest absolute Gasteiger partial charge is 0.272 e. The third kappa shape index (κ3) is 4.35. The number of hydrogen-bond donors (Lipinski definition) is 0. The van der Waals surface area contributed by atoms with Crippen LogP contribution in [0.4, 0.5) is 5.69 Å². The summed E-state index contributed by atoms with van der Waals surface area (Å²) in [5.74, 6) is 1.45. The molecule has 3 aromatic rings. The molecule has 3 rings (SSSR count). The van der Waals surface area contributed by atoms with Gasteiger partial charge in [0, 0.05) is 24.9 Å². The topological polar surface area (TPSA) is 100 Å². The van der Waals surface area contributed by atoms with Crippen LogP contribution < -0.4 is 4.74 Å². The molecule has 0 spiro atoms. The maximum atomic E-state index is 12.2. The summed E-state index contributed by atoms with van der Waals surface area (Å²) in [5.41, 5.74) is 1.78. The monoisotopic (exact) mass is 381 g/mol. The van der Waals surface area contributed by atoms with Crippen molar-refractivity contribution < 1.29 is 18.9 Å². The molecule has 0 aliphatic heterocycles. The second-order valence-corrected chi connectivity index (χ2v) is 6.30. The van der Waals surface area contributed by atoms with Crippen molar-refractivity contribution in [2.75, 3.05) is 0 Å². The number of ketones is 1. The first kappa shape index (κ1) is 19.1. The summed E-state index contributed by atoms with van der Waals surface area (Å²) in [4.78, 5) is 22.6. The lowest BCUT2D eigenvalue weighted by Crippen LogP contribution is -1.96. The van der Waals surface area contributed by atoms with Crippen LogP contribution in [-0.2, 0) is 13.7 Å². The van der Waals surface area contributed by atoms with Gasteiger partial charge >= 0.3 is 0 Å². The third-order valence-corrected chi connectivity index (χ3v) is 4.11. The number of carbonyl (C=O) groups is 1. The Bertz CT molecular complexity index is 1060. The van der Waals surface area contributed by atoms with Gasteiger partial charge in [0.15, 0.2) is 5.78 Å². The Morgan fingerprint density at radius 2 is 2.11 bits per heavy atom. The van der Waals surface area contributed by atoms with E-state index in [1.807, 2.05) is 0 Å². The Morgan fingerprint density at radius 3 is 2.75 bits per heavy atom. The number of aryl methyl sites for hydroxylation is 3. The Labute approximate surface area is 161 Å². The number of nitrogens with zero attached hydrogens (tertiary/aromatic N) is 3. The summed E-state index contributed by atoms with van der Waals surface area (Å²) in [5, 5.41) is 15.0. The molecule has 0 saturated carbocycles. The van der Waals surface area contributed by atoms with Gasteiger partial charge in [-0.1, -0.05) is 0 Å². The number of rotatable bonds is 7. The van der Waals surface area contributed by atoms with Gasteiger partial charge in [-0.2, -0.15) is 5.10 Å². The molecule has 8 nitrogen and oxygen atoms in total. The highest BCUT2D eigenvalue weighted by Crippen LogP contribution is 2.24. The highest BCUT2D eigenvalue weighted by Gasteiger charge is 2.12. The highest BCUT2D eigenvalue weighted by atomic mass is 16.6. The van der Waals surface area contributed by atoms with Crippen molar-refractivity contribution in [3.05, 3.63) is 81.1 Å². The summed E-state index contributed by atoms with van der Waals surface area (Å²) < 4.78 is 12.8. The van der Waals surface area contributed by atoms with E-state index in [1.54, 1.807) is 62.1 Å². The van der Waals surface area contributed by atoms with Gasteiger partial charge in [0.2, 0.25) is 0 Å². The van der Waals surface area contributed by atoms with Crippen molar-refractivity contribution in [1.82, 2.24) is 9.78 Å². The van der Waals surface area contributed by atoms with Gasteiger partial charge in [0.1, 0.15) is 23.9 Å². The fourth-order valence-electron chi connectivity index (χ4n) is 2.73. The lowest BCUT2D eigenvalue weighted by Gasteiger charge is -2.05. The molecule has 28 heavy (non-hydrogen) atoms. The molecule has 0 saturated heterocycles. The Hall–Kier alpha value is -3.68. The summed E-state index contributed by atoms with van der Waals surface area (Å²) in [6, 6.07) is 8.05. The van der Waals surface area contributed by atoms with Gasteiger partial charge in [-0.25, -0.2) is 0 Å². The third-order valence-electron chi connectivity index (χ3n) is 4.11. The van der Waals surface area contributed by atoms with Gasteiger partial charge in [-0.3, -0.25) is 19.6 Å². The van der Waals surface area contributed by atoms with Crippen molar-refractivity contribution in [2.45, 2.75) is 20.5 Å². The van der Waals surface area contributed by atoms with Crippen LogP contribution in [-0.4, -0.2) is 20.5 Å². The van der Waals surface area contributed by atoms with E-state index in [0.717, 1.165) is 0 Å². The maximum Gasteiger partial charge on any atom is 0.272 e. The van der Waals surface area contributed by atoms with Gasteiger partial charge in [-0.15, -0.1) is 0 Å². The summed E-state index contributed by atoms with van der Waals surface area (Å²) in [7, 11) is 1.76. The largest absolute Gasteiger partial charge is 0.486 e. The number of nitro benzene ring substituents is 1. The molecule has 0 atom stereocenters. The van der Waals surface area contributed by atoms with Crippen molar-refractivity contribution in [3.8, 4) is 5.75 Å². The molecule has 0 unspecified atom stereocenters. The van der Waals surface area contributed by atoms with E-state index in [0.29, 0.717) is 34.1 Å². The second-order valence-electron chi connectivity index (χ2n) is 6.30. The fraction of sp³-hybridized carbons (Fsp3) is 0.200. The zero-order chi connectivity index (χ0) is 20.3. The molecule has 0 N–H and O–H groups in total. The zero-order valence-electron chi connectivity index (χ0n) is 15.7. The molecule has 0 fully saturated rings. The van der Waals surface area contributed by atoms with E-state index in [-0.39, 0.29) is 18.1 Å². The van der Waals surface area contributed by atoms with Crippen LogP contribution in [0.15, 0.2) is 47.0 Å². The molecule has 2 aromatic heterocycles. The quantitative estimate of drug-likeness (QED) is 0.265. The van der Waals surface area contributed by atoms with Crippen molar-refractivity contribution in [3.63, 3.8) is 0 Å². The molecular formula is C20H19N3O5. The van der Waals surface area contributed by atoms with Crippen LogP contribution in [0.1, 0.15) is 33.1 Å². The molecule has 2 heterocycles. The minimum atomic E-state index is -0.432. The summed E-state index contributed by atoms with van der Waals surface area (Å²) in [6.45, 7) is 3.60. The lowest BCUT2D eigenvalue weighted by molar-refractivity contribution is -0.385. The molecule has 0 aliphatic carbocycles. The van der Waals surface area contributed by atoms with Crippen LogP contribution in [0.25, 0.3) is 6.08 Å². The van der Waals surface area contributed by atoms with E-state index in [4.69, 9.17) is 9.15 Å². The molecule has 8 heteroatoms. The van der Waals surface area contributed by atoms with Crippen LogP contribution in [0.3, 0.4) is 0 Å². The van der Waals surface area contributed by atoms with Crippen LogP contribution in [0.2, 0.25) is 0 Å². The first-order valence-corrected chi connectivity index (χ1v) is 8.52. The molecule has 0 bridgehead atoms.